The number of phenols is 1. The molecule has 0 atom stereocenters. The van der Waals surface area contributed by atoms with Gasteiger partial charge in [0.2, 0.25) is 0 Å². The summed E-state index contributed by atoms with van der Waals surface area (Å²) >= 11 is 0. The zero-order valence-electron chi connectivity index (χ0n) is 44.7. The molecule has 7 aromatic rings. The van der Waals surface area contributed by atoms with Crippen LogP contribution in [0.1, 0.15) is 35.1 Å². The number of anilines is 2. The minimum atomic E-state index is -5.11. The number of nitrogens with one attached hydrogen (secondary N) is 1. The van der Waals surface area contributed by atoms with Gasteiger partial charge >= 0.3 is 0 Å². The molecule has 7 aromatic carbocycles. The molecule has 7 rings (SSSR count). The Balaban J connectivity index is 1.19. The van der Waals surface area contributed by atoms with Crippen LogP contribution in [0.15, 0.2) is 159 Å². The van der Waals surface area contributed by atoms with Crippen molar-refractivity contribution in [1.29, 1.82) is 0 Å². The van der Waals surface area contributed by atoms with E-state index in [-0.39, 0.29) is 76.8 Å². The summed E-state index contributed by atoms with van der Waals surface area (Å²) in [6, 6.07) is 23.9. The molecule has 0 amide bonds. The topological polar surface area (TPSA) is 431 Å². The molecule has 33 heteroatoms. The minimum Gasteiger partial charge on any atom is -0.505 e. The predicted octanol–water partition coefficient (Wildman–Crippen LogP) is 12.2. The number of azo groups is 4. The summed E-state index contributed by atoms with van der Waals surface area (Å²) < 4.78 is 184. The summed E-state index contributed by atoms with van der Waals surface area (Å²) in [6.45, 7) is 5.93. The van der Waals surface area contributed by atoms with Crippen LogP contribution < -0.4 is 19.5 Å². The summed E-state index contributed by atoms with van der Waals surface area (Å²) in [5.74, 6) is -1.31. The lowest BCUT2D eigenvalue weighted by molar-refractivity contribution is 0.317. The first-order valence-electron chi connectivity index (χ1n) is 24.3. The molecule has 84 heavy (non-hydrogen) atoms. The van der Waals surface area contributed by atoms with Gasteiger partial charge in [0, 0.05) is 28.9 Å². The maximum atomic E-state index is 12.7. The van der Waals surface area contributed by atoms with Crippen LogP contribution in [0.4, 0.5) is 56.9 Å². The number of benzene rings is 7. The number of phenolic OH excluding ortho intramolecular Hbond substituents is 1. The molecule has 444 valence electrons. The van der Waals surface area contributed by atoms with Crippen molar-refractivity contribution in [2.45, 2.75) is 55.2 Å². The Bertz CT molecular complexity index is 4430. The van der Waals surface area contributed by atoms with Crippen LogP contribution in [-0.2, 0) is 50.6 Å². The Morgan fingerprint density at radius 3 is 1.32 bits per heavy atom. The maximum Gasteiger partial charge on any atom is 0.296 e. The van der Waals surface area contributed by atoms with Crippen molar-refractivity contribution in [3.8, 4) is 23.0 Å². The SMILES string of the molecule is COc1ccc(Nc2ccc3c(O)c(N=Nc4cc(C)c(N=Nc5cc(C)c(N=Nc6cc(C)c(N=Nc7ccc(S(=O)(=O)O)cc7S(=O)(=O)O)cc6OCCCS(=O)(=O)O)cc5OCCCS(=O)(=O)O)cc4C)c(S(=O)(=O)O)cc3c2)cc1. The van der Waals surface area contributed by atoms with Gasteiger partial charge in [-0.2, -0.15) is 62.5 Å². The third-order valence-electron chi connectivity index (χ3n) is 11.9. The van der Waals surface area contributed by atoms with Crippen LogP contribution in [0.5, 0.6) is 23.0 Å². The van der Waals surface area contributed by atoms with Crippen LogP contribution >= 0.6 is 0 Å². The minimum absolute atomic E-state index is 0.0000795. The van der Waals surface area contributed by atoms with Gasteiger partial charge < -0.3 is 24.6 Å². The van der Waals surface area contributed by atoms with Crippen LogP contribution in [0, 0.1) is 27.7 Å². The van der Waals surface area contributed by atoms with Gasteiger partial charge in [0.25, 0.3) is 50.6 Å². The average molecular weight is 1250 g/mol. The van der Waals surface area contributed by atoms with E-state index in [2.05, 4.69) is 46.2 Å². The predicted molar refractivity (Wildman–Crippen MR) is 306 cm³/mol. The molecule has 0 saturated heterocycles. The summed E-state index contributed by atoms with van der Waals surface area (Å²) in [5, 5.41) is 48.8. The molecule has 0 heterocycles. The van der Waals surface area contributed by atoms with Crippen molar-refractivity contribution in [1.82, 2.24) is 0 Å². The van der Waals surface area contributed by atoms with E-state index in [4.69, 9.17) is 14.2 Å². The Labute approximate surface area is 481 Å². The first kappa shape index (κ1) is 63.3. The molecule has 0 unspecified atom stereocenters. The van der Waals surface area contributed by atoms with Crippen molar-refractivity contribution in [3.05, 3.63) is 125 Å². The monoisotopic (exact) mass is 1250 g/mol. The summed E-state index contributed by atoms with van der Waals surface area (Å²) in [6.07, 6.45) is -0.361. The molecular weight excluding hydrogens is 1200 g/mol. The highest BCUT2D eigenvalue weighted by atomic mass is 32.2. The van der Waals surface area contributed by atoms with Crippen LogP contribution in [0.3, 0.4) is 0 Å². The molecule has 0 radical (unpaired) electrons. The number of rotatable bonds is 24. The number of nitrogens with zero attached hydrogens (tertiary/aromatic N) is 8. The quantitative estimate of drug-likeness (QED) is 0.0168. The molecule has 0 bridgehead atoms. The van der Waals surface area contributed by atoms with Gasteiger partial charge in [-0.05, 0) is 159 Å². The normalized spacial score (nSPS) is 12.8. The van der Waals surface area contributed by atoms with Gasteiger partial charge in [0.15, 0.2) is 5.75 Å². The van der Waals surface area contributed by atoms with Crippen molar-refractivity contribution in [2.75, 3.05) is 37.1 Å². The molecule has 0 aromatic heterocycles. The molecule has 0 aliphatic carbocycles. The zero-order chi connectivity index (χ0) is 61.5. The number of fused-ring (bicyclic) bond motifs is 1. The highest BCUT2D eigenvalue weighted by Crippen LogP contribution is 2.44. The molecule has 28 nitrogen and oxygen atoms in total. The van der Waals surface area contributed by atoms with E-state index in [1.807, 2.05) is 0 Å². The molecular formula is C51H51N9O19S5. The van der Waals surface area contributed by atoms with Gasteiger partial charge in [0.05, 0.1) is 59.5 Å². The maximum absolute atomic E-state index is 12.7. The highest BCUT2D eigenvalue weighted by Gasteiger charge is 2.24. The number of methoxy groups -OCH3 is 1. The average Bonchev–Trinajstić information content (AvgIpc) is 2.09. The zero-order valence-corrected chi connectivity index (χ0v) is 48.7. The molecule has 0 fully saturated rings. The number of aromatic hydroxyl groups is 1. The molecule has 0 saturated carbocycles. The van der Waals surface area contributed by atoms with Crippen LogP contribution in [-0.4, -0.2) is 102 Å². The third kappa shape index (κ3) is 17.0. The second-order valence-corrected chi connectivity index (χ2v) is 25.7. The second-order valence-electron chi connectivity index (χ2n) is 18.3. The number of hydrogen-bond acceptors (Lipinski definition) is 23. The Hall–Kier alpha value is -8.25. The lowest BCUT2D eigenvalue weighted by Crippen LogP contribution is -2.08. The van der Waals surface area contributed by atoms with Gasteiger partial charge in [0.1, 0.15) is 49.8 Å². The van der Waals surface area contributed by atoms with E-state index in [0.717, 1.165) is 18.2 Å². The van der Waals surface area contributed by atoms with E-state index in [1.165, 1.54) is 38.3 Å². The number of hydrogen-bond donors (Lipinski definition) is 7. The van der Waals surface area contributed by atoms with Crippen LogP contribution in [0.2, 0.25) is 0 Å². The number of ether oxygens (including phenoxy) is 3. The Kier molecular flexibility index (Phi) is 19.4. The fourth-order valence-corrected chi connectivity index (χ4v) is 10.6. The fourth-order valence-electron chi connectivity index (χ4n) is 7.71. The number of aryl methyl sites for hydroxylation is 4. The third-order valence-corrected chi connectivity index (χ3v) is 16.2. The lowest BCUT2D eigenvalue weighted by atomic mass is 10.1. The largest absolute Gasteiger partial charge is 0.505 e. The summed E-state index contributed by atoms with van der Waals surface area (Å²) in [5.41, 5.74) is 2.70. The van der Waals surface area contributed by atoms with Crippen molar-refractivity contribution < 1.29 is 84.2 Å². The van der Waals surface area contributed by atoms with Gasteiger partial charge in [-0.25, -0.2) is 0 Å². The Morgan fingerprint density at radius 2 is 0.869 bits per heavy atom. The molecule has 7 N–H and O–H groups in total. The van der Waals surface area contributed by atoms with E-state index in [1.54, 1.807) is 75.4 Å². The van der Waals surface area contributed by atoms with Gasteiger partial charge in [-0.1, -0.05) is 0 Å². The van der Waals surface area contributed by atoms with Gasteiger partial charge in [-0.3, -0.25) is 22.8 Å². The first-order valence-corrected chi connectivity index (χ1v) is 31.8. The van der Waals surface area contributed by atoms with E-state index >= 15 is 0 Å². The smallest absolute Gasteiger partial charge is 0.296 e. The second kappa shape index (κ2) is 25.7. The Morgan fingerprint density at radius 1 is 0.440 bits per heavy atom. The van der Waals surface area contributed by atoms with Crippen molar-refractivity contribution in [2.24, 2.45) is 40.9 Å². The first-order chi connectivity index (χ1) is 39.3. The lowest BCUT2D eigenvalue weighted by Gasteiger charge is -2.12. The fraction of sp³-hybridized carbons (Fsp3) is 0.216. The van der Waals surface area contributed by atoms with E-state index in [9.17, 15) is 70.0 Å². The summed E-state index contributed by atoms with van der Waals surface area (Å²) in [4.78, 5) is -2.57. The molecule has 0 spiro atoms. The van der Waals surface area contributed by atoms with Gasteiger partial charge in [-0.15, -0.1) is 20.5 Å². The van der Waals surface area contributed by atoms with Crippen molar-refractivity contribution >= 4 is 118 Å². The summed E-state index contributed by atoms with van der Waals surface area (Å²) in [7, 11) is -22.2. The molecule has 0 aliphatic rings. The van der Waals surface area contributed by atoms with E-state index < -0.39 is 93.9 Å². The highest BCUT2D eigenvalue weighted by molar-refractivity contribution is 7.87. The molecule has 0 aliphatic heterocycles. The standard InChI is InChI=1S/C51H51N9O19S5/c1-29-21-41(57-60-50-49(84(74,75)76)25-33-24-35(10-14-38(33)51(50)61)52-34-8-11-36(77-5)12-9-34)30(2)20-40(29)54-58-44-23-32(4)43(28-47(44)79-17-7-19-81(65,66)67)56-59-45-22-31(3)42(27-46(45)78-16-6-18-80(62,63)64)55-53-39-15-13-37(82(68,69)70)26-48(39)83(71,72)73/h8-15,20-28,52,61H,6-7,16-19H2,1-5H3,(H,62,63,64)(H,65,66,67)(H,68,69,70)(H,71,72,73)(H,74,75,76). The van der Waals surface area contributed by atoms with E-state index in [0.29, 0.717) is 51.1 Å². The van der Waals surface area contributed by atoms with Crippen molar-refractivity contribution in [3.63, 3.8) is 0 Å². The van der Waals surface area contributed by atoms with Crippen LogP contribution in [0.25, 0.3) is 10.8 Å².